The van der Waals surface area contributed by atoms with E-state index in [1.54, 1.807) is 39.4 Å². The van der Waals surface area contributed by atoms with E-state index in [0.29, 0.717) is 31.3 Å². The Morgan fingerprint density at radius 1 is 1.13 bits per heavy atom. The summed E-state index contributed by atoms with van der Waals surface area (Å²) in [6, 6.07) is 7.20. The van der Waals surface area contributed by atoms with Crippen molar-refractivity contribution >= 4 is 15.9 Å². The molecule has 1 atom stereocenters. The number of hydrogen-bond donors (Lipinski definition) is 1. The van der Waals surface area contributed by atoms with Crippen LogP contribution in [0.4, 0.5) is 0 Å². The van der Waals surface area contributed by atoms with E-state index in [1.807, 2.05) is 12.1 Å². The predicted molar refractivity (Wildman–Crippen MR) is 112 cm³/mol. The number of nitrogens with one attached hydrogen (secondary N) is 1. The van der Waals surface area contributed by atoms with Gasteiger partial charge in [-0.05, 0) is 35.7 Å². The molecule has 1 N–H and O–H groups in total. The summed E-state index contributed by atoms with van der Waals surface area (Å²) in [5.41, 5.74) is 0.911. The van der Waals surface area contributed by atoms with Crippen molar-refractivity contribution in [3.8, 4) is 11.5 Å². The van der Waals surface area contributed by atoms with Gasteiger partial charge >= 0.3 is 0 Å². The van der Waals surface area contributed by atoms with Crippen LogP contribution in [0.5, 0.6) is 11.5 Å². The fourth-order valence-electron chi connectivity index (χ4n) is 3.10. The molecule has 8 nitrogen and oxygen atoms in total. The molecule has 162 valence electrons. The molecule has 0 aliphatic carbocycles. The number of ether oxygens (including phenoxy) is 2. The van der Waals surface area contributed by atoms with E-state index in [1.165, 1.54) is 17.0 Å². The number of benzene rings is 1. The maximum absolute atomic E-state index is 13.0. The summed E-state index contributed by atoms with van der Waals surface area (Å²) >= 11 is 0. The first-order valence-corrected chi connectivity index (χ1v) is 11.3. The Morgan fingerprint density at radius 3 is 2.47 bits per heavy atom. The molecule has 1 aromatic carbocycles. The number of aromatic nitrogens is 1. The SMILES string of the molecule is CC(C)C(NS(=O)(=O)c1ccc2c(c1)OCCCO2)C(=O)N(C)Cc1ccncc1. The summed E-state index contributed by atoms with van der Waals surface area (Å²) < 4.78 is 39.8. The smallest absolute Gasteiger partial charge is 0.241 e. The molecule has 0 bridgehead atoms. The van der Waals surface area contributed by atoms with Gasteiger partial charge in [0.2, 0.25) is 15.9 Å². The topological polar surface area (TPSA) is 97.8 Å². The molecule has 0 spiro atoms. The van der Waals surface area contributed by atoms with Gasteiger partial charge in [0.15, 0.2) is 11.5 Å². The zero-order chi connectivity index (χ0) is 21.7. The lowest BCUT2D eigenvalue weighted by Gasteiger charge is -2.27. The van der Waals surface area contributed by atoms with Crippen LogP contribution in [0.25, 0.3) is 0 Å². The van der Waals surface area contributed by atoms with E-state index in [2.05, 4.69) is 9.71 Å². The van der Waals surface area contributed by atoms with Crippen LogP contribution < -0.4 is 14.2 Å². The van der Waals surface area contributed by atoms with Gasteiger partial charge in [-0.1, -0.05) is 13.8 Å². The molecule has 1 unspecified atom stereocenters. The first-order valence-electron chi connectivity index (χ1n) is 9.84. The number of hydrogen-bond acceptors (Lipinski definition) is 6. The third-order valence-corrected chi connectivity index (χ3v) is 6.23. The van der Waals surface area contributed by atoms with Gasteiger partial charge in [0.25, 0.3) is 0 Å². The standard InChI is InChI=1S/C21H27N3O5S/c1-15(2)20(21(25)24(3)14-16-7-9-22-10-8-16)23-30(26,27)17-5-6-18-19(13-17)29-12-4-11-28-18/h5-10,13,15,20,23H,4,11-12,14H2,1-3H3. The van der Waals surface area contributed by atoms with Crippen molar-refractivity contribution in [2.75, 3.05) is 20.3 Å². The Bertz CT molecular complexity index is 979. The Labute approximate surface area is 177 Å². The van der Waals surface area contributed by atoms with Gasteiger partial charge in [-0.3, -0.25) is 9.78 Å². The second-order valence-electron chi connectivity index (χ2n) is 7.55. The summed E-state index contributed by atoms with van der Waals surface area (Å²) in [6.45, 7) is 4.94. The fourth-order valence-corrected chi connectivity index (χ4v) is 4.45. The number of carbonyl (C=O) groups is 1. The fraction of sp³-hybridized carbons (Fsp3) is 0.429. The highest BCUT2D eigenvalue weighted by molar-refractivity contribution is 7.89. The first-order chi connectivity index (χ1) is 14.3. The van der Waals surface area contributed by atoms with Crippen LogP contribution in [-0.4, -0.2) is 50.5 Å². The number of rotatable bonds is 7. The van der Waals surface area contributed by atoms with Crippen molar-refractivity contribution in [3.05, 3.63) is 48.3 Å². The number of nitrogens with zero attached hydrogens (tertiary/aromatic N) is 2. The molecule has 1 aromatic heterocycles. The summed E-state index contributed by atoms with van der Waals surface area (Å²) in [5.74, 6) is 0.352. The molecule has 2 aromatic rings. The third kappa shape index (κ3) is 5.28. The molecule has 0 saturated heterocycles. The summed E-state index contributed by atoms with van der Waals surface area (Å²) in [4.78, 5) is 18.5. The van der Waals surface area contributed by atoms with Gasteiger partial charge in [0.05, 0.1) is 18.1 Å². The van der Waals surface area contributed by atoms with Gasteiger partial charge < -0.3 is 14.4 Å². The van der Waals surface area contributed by atoms with Crippen molar-refractivity contribution in [3.63, 3.8) is 0 Å². The highest BCUT2D eigenvalue weighted by atomic mass is 32.2. The highest BCUT2D eigenvalue weighted by Gasteiger charge is 2.31. The van der Waals surface area contributed by atoms with Crippen LogP contribution in [-0.2, 0) is 21.4 Å². The lowest BCUT2D eigenvalue weighted by molar-refractivity contribution is -0.133. The Kier molecular flexibility index (Phi) is 6.94. The van der Waals surface area contributed by atoms with Gasteiger partial charge in [-0.25, -0.2) is 8.42 Å². The summed E-state index contributed by atoms with van der Waals surface area (Å²) in [7, 11) is -2.29. The van der Waals surface area contributed by atoms with Crippen LogP contribution in [0.3, 0.4) is 0 Å². The number of pyridine rings is 1. The number of sulfonamides is 1. The lowest BCUT2D eigenvalue weighted by atomic mass is 10.0. The average molecular weight is 434 g/mol. The molecular formula is C21H27N3O5S. The molecule has 1 aliphatic heterocycles. The molecule has 9 heteroatoms. The molecule has 0 radical (unpaired) electrons. The summed E-state index contributed by atoms with van der Waals surface area (Å²) in [5, 5.41) is 0. The molecule has 1 amide bonds. The summed E-state index contributed by atoms with van der Waals surface area (Å²) in [6.07, 6.45) is 4.03. The van der Waals surface area contributed by atoms with Crippen molar-refractivity contribution in [2.24, 2.45) is 5.92 Å². The molecular weight excluding hydrogens is 406 g/mol. The number of likely N-dealkylation sites (N-methyl/N-ethyl adjacent to an activating group) is 1. The van der Waals surface area contributed by atoms with Crippen LogP contribution in [0, 0.1) is 5.92 Å². The van der Waals surface area contributed by atoms with E-state index in [4.69, 9.17) is 9.47 Å². The van der Waals surface area contributed by atoms with E-state index in [9.17, 15) is 13.2 Å². The molecule has 3 rings (SSSR count). The maximum Gasteiger partial charge on any atom is 0.241 e. The van der Waals surface area contributed by atoms with Gasteiger partial charge in [-0.15, -0.1) is 0 Å². The van der Waals surface area contributed by atoms with Crippen LogP contribution in [0.1, 0.15) is 25.8 Å². The number of fused-ring (bicyclic) bond motifs is 1. The van der Waals surface area contributed by atoms with E-state index >= 15 is 0 Å². The van der Waals surface area contributed by atoms with Crippen molar-refractivity contribution in [1.82, 2.24) is 14.6 Å². The molecule has 30 heavy (non-hydrogen) atoms. The Hall–Kier alpha value is -2.65. The maximum atomic E-state index is 13.0. The Balaban J connectivity index is 1.78. The predicted octanol–water partition coefficient (Wildman–Crippen LogP) is 2.20. The normalized spacial score (nSPS) is 14.8. The minimum Gasteiger partial charge on any atom is -0.490 e. The largest absolute Gasteiger partial charge is 0.490 e. The van der Waals surface area contributed by atoms with Gasteiger partial charge in [0.1, 0.15) is 6.04 Å². The highest BCUT2D eigenvalue weighted by Crippen LogP contribution is 2.32. The van der Waals surface area contributed by atoms with Gasteiger partial charge in [-0.2, -0.15) is 4.72 Å². The zero-order valence-electron chi connectivity index (χ0n) is 17.4. The van der Waals surface area contributed by atoms with Crippen LogP contribution in [0.15, 0.2) is 47.6 Å². The van der Waals surface area contributed by atoms with Crippen molar-refractivity contribution < 1.29 is 22.7 Å². The van der Waals surface area contributed by atoms with Crippen molar-refractivity contribution in [2.45, 2.75) is 37.8 Å². The second-order valence-corrected chi connectivity index (χ2v) is 9.27. The number of carbonyl (C=O) groups excluding carboxylic acids is 1. The third-order valence-electron chi connectivity index (χ3n) is 4.79. The number of amides is 1. The molecule has 1 aliphatic rings. The van der Waals surface area contributed by atoms with Gasteiger partial charge in [0, 0.05) is 38.5 Å². The van der Waals surface area contributed by atoms with Crippen LogP contribution >= 0.6 is 0 Å². The lowest BCUT2D eigenvalue weighted by Crippen LogP contribution is -2.49. The monoisotopic (exact) mass is 433 g/mol. The van der Waals surface area contributed by atoms with E-state index in [-0.39, 0.29) is 16.7 Å². The zero-order valence-corrected chi connectivity index (χ0v) is 18.2. The average Bonchev–Trinajstić information content (AvgIpc) is 2.97. The van der Waals surface area contributed by atoms with Crippen molar-refractivity contribution in [1.29, 1.82) is 0 Å². The minimum atomic E-state index is -3.94. The van der Waals surface area contributed by atoms with E-state index in [0.717, 1.165) is 12.0 Å². The molecule has 2 heterocycles. The minimum absolute atomic E-state index is 0.0296. The quantitative estimate of drug-likeness (QED) is 0.719. The molecule has 0 fully saturated rings. The first kappa shape index (κ1) is 22.0. The second kappa shape index (κ2) is 9.44. The van der Waals surface area contributed by atoms with Crippen LogP contribution in [0.2, 0.25) is 0 Å². The molecule has 0 saturated carbocycles. The Morgan fingerprint density at radius 2 is 1.80 bits per heavy atom. The van der Waals surface area contributed by atoms with E-state index < -0.39 is 16.1 Å².